The summed E-state index contributed by atoms with van der Waals surface area (Å²) in [5.74, 6) is 0.285. The highest BCUT2D eigenvalue weighted by atomic mass is 32.2. The number of benzene rings is 1. The second kappa shape index (κ2) is 3.86. The van der Waals surface area contributed by atoms with Crippen LogP contribution in [0, 0.1) is 6.92 Å². The van der Waals surface area contributed by atoms with Gasteiger partial charge >= 0.3 is 0 Å². The van der Waals surface area contributed by atoms with Gasteiger partial charge in [0.2, 0.25) is 0 Å². The van der Waals surface area contributed by atoms with Crippen molar-refractivity contribution in [3.8, 4) is 0 Å². The van der Waals surface area contributed by atoms with Crippen LogP contribution in [0.1, 0.15) is 30.4 Å². The average molecular weight is 239 g/mol. The molecule has 2 unspecified atom stereocenters. The van der Waals surface area contributed by atoms with Crippen LogP contribution in [-0.4, -0.2) is 20.2 Å². The minimum absolute atomic E-state index is 0.0339. The Morgan fingerprint density at radius 1 is 1.50 bits per heavy atom. The molecule has 0 aliphatic carbocycles. The van der Waals surface area contributed by atoms with Crippen molar-refractivity contribution < 1.29 is 8.42 Å². The monoisotopic (exact) mass is 239 g/mol. The highest BCUT2D eigenvalue weighted by Crippen LogP contribution is 2.37. The minimum Gasteiger partial charge on any atom is -0.328 e. The first-order valence-electron chi connectivity index (χ1n) is 5.49. The van der Waals surface area contributed by atoms with E-state index in [-0.39, 0.29) is 17.7 Å². The topological polar surface area (TPSA) is 60.2 Å². The van der Waals surface area contributed by atoms with Crippen molar-refractivity contribution in [1.29, 1.82) is 0 Å². The fourth-order valence-electron chi connectivity index (χ4n) is 2.36. The van der Waals surface area contributed by atoms with Crippen LogP contribution in [0.5, 0.6) is 0 Å². The smallest absolute Gasteiger partial charge is 0.179 e. The first kappa shape index (κ1) is 11.6. The highest BCUT2D eigenvalue weighted by Gasteiger charge is 2.34. The van der Waals surface area contributed by atoms with Gasteiger partial charge in [0.1, 0.15) is 0 Å². The molecule has 2 atom stereocenters. The molecule has 0 amide bonds. The molecule has 0 fully saturated rings. The van der Waals surface area contributed by atoms with Crippen molar-refractivity contribution in [1.82, 2.24) is 0 Å². The van der Waals surface area contributed by atoms with Gasteiger partial charge in [-0.05, 0) is 31.9 Å². The van der Waals surface area contributed by atoms with Crippen LogP contribution in [0.25, 0.3) is 0 Å². The van der Waals surface area contributed by atoms with E-state index in [0.717, 1.165) is 17.5 Å². The number of hydrogen-bond donors (Lipinski definition) is 1. The molecule has 88 valence electrons. The lowest BCUT2D eigenvalue weighted by molar-refractivity contribution is 0.575. The predicted octanol–water partition coefficient (Wildman–Crippen LogP) is 1.60. The summed E-state index contributed by atoms with van der Waals surface area (Å²) in [6.07, 6.45) is 0.732. The number of fused-ring (bicyclic) bond motifs is 1. The quantitative estimate of drug-likeness (QED) is 0.852. The third-order valence-corrected chi connectivity index (χ3v) is 4.90. The molecule has 16 heavy (non-hydrogen) atoms. The molecule has 1 aromatic carbocycles. The molecular formula is C12H17NO2S. The SMILES string of the molecule is Cc1ccc2c(c1)C(CC(C)N)CS2(=O)=O. The number of aryl methyl sites for hydroxylation is 1. The zero-order valence-corrected chi connectivity index (χ0v) is 10.4. The Kier molecular flexibility index (Phi) is 2.80. The van der Waals surface area contributed by atoms with Crippen molar-refractivity contribution >= 4 is 9.84 Å². The third-order valence-electron chi connectivity index (χ3n) is 3.02. The first-order valence-corrected chi connectivity index (χ1v) is 7.14. The van der Waals surface area contributed by atoms with Gasteiger partial charge in [0.25, 0.3) is 0 Å². The summed E-state index contributed by atoms with van der Waals surface area (Å²) in [6.45, 7) is 3.90. The summed E-state index contributed by atoms with van der Waals surface area (Å²) in [7, 11) is -3.07. The Labute approximate surface area is 96.6 Å². The Hall–Kier alpha value is -0.870. The lowest BCUT2D eigenvalue weighted by Crippen LogP contribution is -2.19. The van der Waals surface area contributed by atoms with Gasteiger partial charge in [-0.3, -0.25) is 0 Å². The fourth-order valence-corrected chi connectivity index (χ4v) is 4.24. The van der Waals surface area contributed by atoms with E-state index in [2.05, 4.69) is 0 Å². The van der Waals surface area contributed by atoms with Crippen LogP contribution in [0.15, 0.2) is 23.1 Å². The van der Waals surface area contributed by atoms with E-state index in [1.54, 1.807) is 6.07 Å². The normalized spacial score (nSPS) is 24.1. The maximum atomic E-state index is 11.9. The first-order chi connectivity index (χ1) is 7.40. The zero-order valence-electron chi connectivity index (χ0n) is 9.60. The van der Waals surface area contributed by atoms with E-state index in [1.807, 2.05) is 26.0 Å². The number of rotatable bonds is 2. The van der Waals surface area contributed by atoms with Gasteiger partial charge in [-0.2, -0.15) is 0 Å². The van der Waals surface area contributed by atoms with Crippen molar-refractivity contribution in [2.75, 3.05) is 5.75 Å². The summed E-state index contributed by atoms with van der Waals surface area (Å²) in [4.78, 5) is 0.503. The minimum atomic E-state index is -3.07. The molecule has 1 aliphatic heterocycles. The van der Waals surface area contributed by atoms with Crippen LogP contribution in [0.3, 0.4) is 0 Å². The van der Waals surface area contributed by atoms with Crippen molar-refractivity contribution in [2.24, 2.45) is 5.73 Å². The van der Waals surface area contributed by atoms with E-state index >= 15 is 0 Å². The molecule has 0 radical (unpaired) electrons. The van der Waals surface area contributed by atoms with Crippen LogP contribution < -0.4 is 5.73 Å². The van der Waals surface area contributed by atoms with Gasteiger partial charge in [0.05, 0.1) is 10.6 Å². The molecule has 0 aromatic heterocycles. The zero-order chi connectivity index (χ0) is 11.9. The molecule has 0 bridgehead atoms. The van der Waals surface area contributed by atoms with Gasteiger partial charge in [-0.25, -0.2) is 8.42 Å². The summed E-state index contributed by atoms with van der Waals surface area (Å²) >= 11 is 0. The molecule has 0 spiro atoms. The lowest BCUT2D eigenvalue weighted by Gasteiger charge is -2.12. The van der Waals surface area contributed by atoms with Gasteiger partial charge in [0.15, 0.2) is 9.84 Å². The van der Waals surface area contributed by atoms with Crippen molar-refractivity contribution in [3.05, 3.63) is 29.3 Å². The van der Waals surface area contributed by atoms with Gasteiger partial charge in [0, 0.05) is 12.0 Å². The molecule has 3 nitrogen and oxygen atoms in total. The molecule has 1 heterocycles. The molecule has 2 N–H and O–H groups in total. The van der Waals surface area contributed by atoms with Crippen LogP contribution >= 0.6 is 0 Å². The third kappa shape index (κ3) is 1.99. The summed E-state index contributed by atoms with van der Waals surface area (Å²) in [5, 5.41) is 0. The summed E-state index contributed by atoms with van der Waals surface area (Å²) < 4.78 is 23.8. The molecule has 4 heteroatoms. The van der Waals surface area contributed by atoms with Crippen LogP contribution in [0.4, 0.5) is 0 Å². The second-order valence-electron chi connectivity index (χ2n) is 4.73. The molecule has 0 saturated heterocycles. The molecule has 2 rings (SSSR count). The molecule has 0 saturated carbocycles. The Bertz CT molecular complexity index is 506. The maximum Gasteiger partial charge on any atom is 0.179 e. The van der Waals surface area contributed by atoms with Gasteiger partial charge in [-0.1, -0.05) is 17.7 Å². The van der Waals surface area contributed by atoms with Gasteiger partial charge in [-0.15, -0.1) is 0 Å². The van der Waals surface area contributed by atoms with Crippen LogP contribution in [0.2, 0.25) is 0 Å². The summed E-state index contributed by atoms with van der Waals surface area (Å²) in [6, 6.07) is 5.59. The molecule has 1 aromatic rings. The second-order valence-corrected chi connectivity index (χ2v) is 6.74. The number of sulfone groups is 1. The van der Waals surface area contributed by atoms with E-state index in [4.69, 9.17) is 5.73 Å². The predicted molar refractivity (Wildman–Crippen MR) is 64.2 cm³/mol. The summed E-state index contributed by atoms with van der Waals surface area (Å²) in [5.41, 5.74) is 7.82. The highest BCUT2D eigenvalue weighted by molar-refractivity contribution is 7.91. The van der Waals surface area contributed by atoms with E-state index in [1.165, 1.54) is 0 Å². The molecule has 1 aliphatic rings. The van der Waals surface area contributed by atoms with E-state index in [0.29, 0.717) is 4.90 Å². The van der Waals surface area contributed by atoms with Crippen molar-refractivity contribution in [2.45, 2.75) is 37.1 Å². The average Bonchev–Trinajstić information content (AvgIpc) is 2.37. The fraction of sp³-hybridized carbons (Fsp3) is 0.500. The number of nitrogens with two attached hydrogens (primary N) is 1. The van der Waals surface area contributed by atoms with Gasteiger partial charge < -0.3 is 5.73 Å². The van der Waals surface area contributed by atoms with E-state index < -0.39 is 9.84 Å². The standard InChI is InChI=1S/C12H17NO2S/c1-8-3-4-12-11(5-8)10(6-9(2)13)7-16(12,14)15/h3-5,9-10H,6-7,13H2,1-2H3. The van der Waals surface area contributed by atoms with E-state index in [9.17, 15) is 8.42 Å². The van der Waals surface area contributed by atoms with Crippen LogP contribution in [-0.2, 0) is 9.84 Å². The largest absolute Gasteiger partial charge is 0.328 e. The Balaban J connectivity index is 2.48. The number of hydrogen-bond acceptors (Lipinski definition) is 3. The molecular weight excluding hydrogens is 222 g/mol. The Morgan fingerprint density at radius 3 is 2.81 bits per heavy atom. The Morgan fingerprint density at radius 2 is 2.19 bits per heavy atom. The van der Waals surface area contributed by atoms with Crippen molar-refractivity contribution in [3.63, 3.8) is 0 Å². The lowest BCUT2D eigenvalue weighted by atomic mass is 9.94. The maximum absolute atomic E-state index is 11.9.